The third-order valence-electron chi connectivity index (χ3n) is 5.25. The van der Waals surface area contributed by atoms with Crippen LogP contribution in [0.15, 0.2) is 28.0 Å². The molecule has 0 spiro atoms. The second-order valence-corrected chi connectivity index (χ2v) is 9.30. The number of nitrogens with zero attached hydrogens (tertiary/aromatic N) is 4. The molecule has 0 bridgehead atoms. The van der Waals surface area contributed by atoms with E-state index in [2.05, 4.69) is 4.90 Å². The maximum Gasteiger partial charge on any atom is 0.267 e. The minimum atomic E-state index is -0.202. The second-order valence-electron chi connectivity index (χ2n) is 7.63. The van der Waals surface area contributed by atoms with Crippen LogP contribution in [-0.4, -0.2) is 56.4 Å². The topological polar surface area (TPSA) is 67.2 Å². The molecule has 2 aliphatic heterocycles. The van der Waals surface area contributed by atoms with Gasteiger partial charge < -0.3 is 9.64 Å². The van der Waals surface area contributed by atoms with Gasteiger partial charge in [0.15, 0.2) is 0 Å². The molecular weight excluding hydrogens is 420 g/mol. The molecule has 0 radical (unpaired) electrons. The number of thiocarbonyl (C=S) groups is 1. The molecule has 4 heterocycles. The number of pyridine rings is 1. The largest absolute Gasteiger partial charge is 0.372 e. The van der Waals surface area contributed by atoms with E-state index in [1.807, 2.05) is 39.8 Å². The summed E-state index contributed by atoms with van der Waals surface area (Å²) in [4.78, 5) is 35.2. The van der Waals surface area contributed by atoms with Crippen molar-refractivity contribution in [3.8, 4) is 0 Å². The fraction of sp³-hybridized carbons (Fsp3) is 0.429. The van der Waals surface area contributed by atoms with E-state index in [-0.39, 0.29) is 23.7 Å². The molecule has 9 heteroatoms. The first-order chi connectivity index (χ1) is 14.3. The lowest BCUT2D eigenvalue weighted by Gasteiger charge is -2.36. The first-order valence-corrected chi connectivity index (χ1v) is 11.2. The van der Waals surface area contributed by atoms with Crippen LogP contribution in [0.2, 0.25) is 0 Å². The van der Waals surface area contributed by atoms with Crippen molar-refractivity contribution >= 4 is 51.7 Å². The predicted molar refractivity (Wildman–Crippen MR) is 124 cm³/mol. The van der Waals surface area contributed by atoms with Crippen LogP contribution in [0.4, 0.5) is 5.82 Å². The Hall–Kier alpha value is -2.23. The molecule has 30 heavy (non-hydrogen) atoms. The number of ether oxygens (including phenoxy) is 1. The van der Waals surface area contributed by atoms with Crippen LogP contribution in [0.1, 0.15) is 31.9 Å². The van der Waals surface area contributed by atoms with E-state index in [4.69, 9.17) is 21.9 Å². The van der Waals surface area contributed by atoms with E-state index >= 15 is 0 Å². The molecule has 7 nitrogen and oxygen atoms in total. The summed E-state index contributed by atoms with van der Waals surface area (Å²) in [6.45, 7) is 9.57. The Kier molecular flexibility index (Phi) is 5.69. The summed E-state index contributed by atoms with van der Waals surface area (Å²) in [5, 5.41) is 0. The number of likely N-dealkylation sites (N-methyl/N-ethyl adjacent to an activating group) is 1. The number of anilines is 1. The summed E-state index contributed by atoms with van der Waals surface area (Å²) in [5.74, 6) is 0.411. The molecule has 2 atom stereocenters. The van der Waals surface area contributed by atoms with Crippen LogP contribution in [-0.2, 0) is 9.53 Å². The van der Waals surface area contributed by atoms with Gasteiger partial charge >= 0.3 is 0 Å². The van der Waals surface area contributed by atoms with Gasteiger partial charge in [0.05, 0.1) is 22.7 Å². The molecule has 0 N–H and O–H groups in total. The summed E-state index contributed by atoms with van der Waals surface area (Å²) < 4.78 is 7.91. The third kappa shape index (κ3) is 3.66. The molecule has 158 valence electrons. The minimum absolute atomic E-state index is 0.0111. The number of morpholine rings is 1. The molecule has 2 aromatic rings. The van der Waals surface area contributed by atoms with Crippen molar-refractivity contribution in [1.29, 1.82) is 0 Å². The van der Waals surface area contributed by atoms with Gasteiger partial charge in [0, 0.05) is 25.8 Å². The zero-order chi connectivity index (χ0) is 21.6. The van der Waals surface area contributed by atoms with Crippen molar-refractivity contribution in [2.24, 2.45) is 0 Å². The number of aryl methyl sites for hydroxylation is 1. The lowest BCUT2D eigenvalue weighted by molar-refractivity contribution is -0.121. The molecule has 0 aromatic carbocycles. The van der Waals surface area contributed by atoms with Gasteiger partial charge in [-0.25, -0.2) is 4.98 Å². The zero-order valence-electron chi connectivity index (χ0n) is 17.4. The van der Waals surface area contributed by atoms with Gasteiger partial charge in [-0.15, -0.1) is 0 Å². The molecule has 4 rings (SSSR count). The molecule has 0 saturated carbocycles. The first-order valence-electron chi connectivity index (χ1n) is 9.98. The molecular formula is C21H24N4O3S2. The number of thioether (sulfide) groups is 1. The third-order valence-corrected chi connectivity index (χ3v) is 6.63. The Bertz CT molecular complexity index is 1120. The monoisotopic (exact) mass is 444 g/mol. The highest BCUT2D eigenvalue weighted by molar-refractivity contribution is 8.26. The first kappa shape index (κ1) is 21.0. The highest BCUT2D eigenvalue weighted by Crippen LogP contribution is 2.33. The Morgan fingerprint density at radius 1 is 1.30 bits per heavy atom. The number of amides is 1. The molecule has 2 aromatic heterocycles. The number of hydrogen-bond donors (Lipinski definition) is 0. The van der Waals surface area contributed by atoms with Crippen molar-refractivity contribution in [2.75, 3.05) is 24.5 Å². The van der Waals surface area contributed by atoms with Crippen LogP contribution >= 0.6 is 24.0 Å². The highest BCUT2D eigenvalue weighted by Gasteiger charge is 2.32. The summed E-state index contributed by atoms with van der Waals surface area (Å²) >= 11 is 6.55. The smallest absolute Gasteiger partial charge is 0.267 e. The van der Waals surface area contributed by atoms with Crippen molar-refractivity contribution in [3.05, 3.63) is 44.7 Å². The zero-order valence-corrected chi connectivity index (χ0v) is 19.0. The van der Waals surface area contributed by atoms with E-state index in [1.54, 1.807) is 21.6 Å². The standard InChI is InChI=1S/C21H24N4O3S2/c1-5-24-20(27)16(30-21(24)29)9-15-18(23-10-13(3)28-14(4)11-23)22-17-12(2)7-6-8-25(17)19(15)26/h6-9,13-14H,5,10-11H2,1-4H3/b16-9+/t13-,14-/m1/s1. The van der Waals surface area contributed by atoms with Crippen LogP contribution in [0.5, 0.6) is 0 Å². The number of fused-ring (bicyclic) bond motifs is 1. The Morgan fingerprint density at radius 2 is 2.00 bits per heavy atom. The van der Waals surface area contributed by atoms with Gasteiger partial charge in [-0.2, -0.15) is 0 Å². The van der Waals surface area contributed by atoms with E-state index in [0.29, 0.717) is 45.9 Å². The van der Waals surface area contributed by atoms with Gasteiger partial charge in [-0.3, -0.25) is 18.9 Å². The number of hydrogen-bond acceptors (Lipinski definition) is 7. The quantitative estimate of drug-likeness (QED) is 0.533. The average molecular weight is 445 g/mol. The summed E-state index contributed by atoms with van der Waals surface area (Å²) in [6.07, 6.45) is 3.38. The average Bonchev–Trinajstić information content (AvgIpc) is 2.96. The fourth-order valence-electron chi connectivity index (χ4n) is 3.92. The highest BCUT2D eigenvalue weighted by atomic mass is 32.2. The maximum atomic E-state index is 13.5. The normalized spacial score (nSPS) is 23.8. The number of carbonyl (C=O) groups is 1. The second kappa shape index (κ2) is 8.13. The maximum absolute atomic E-state index is 13.5. The molecule has 1 amide bonds. The summed E-state index contributed by atoms with van der Waals surface area (Å²) in [7, 11) is 0. The van der Waals surface area contributed by atoms with Gasteiger partial charge in [-0.1, -0.05) is 30.0 Å². The lowest BCUT2D eigenvalue weighted by atomic mass is 10.1. The van der Waals surface area contributed by atoms with Crippen LogP contribution < -0.4 is 10.5 Å². The molecule has 2 fully saturated rings. The molecule has 0 aliphatic carbocycles. The molecule has 2 aliphatic rings. The van der Waals surface area contributed by atoms with E-state index in [1.165, 1.54) is 11.8 Å². The van der Waals surface area contributed by atoms with Crippen molar-refractivity contribution in [2.45, 2.75) is 39.9 Å². The van der Waals surface area contributed by atoms with E-state index in [9.17, 15) is 9.59 Å². The Morgan fingerprint density at radius 3 is 2.63 bits per heavy atom. The van der Waals surface area contributed by atoms with Crippen LogP contribution in [0, 0.1) is 6.92 Å². The van der Waals surface area contributed by atoms with Gasteiger partial charge in [0.2, 0.25) is 0 Å². The van der Waals surface area contributed by atoms with Gasteiger partial charge in [0.1, 0.15) is 15.8 Å². The number of rotatable bonds is 3. The SMILES string of the molecule is CCN1C(=O)/C(=C\c2c(N3C[C@@H](C)O[C@H](C)C3)nc3c(C)cccn3c2=O)SC1=S. The predicted octanol–water partition coefficient (Wildman–Crippen LogP) is 2.84. The van der Waals surface area contributed by atoms with Gasteiger partial charge in [0.25, 0.3) is 11.5 Å². The lowest BCUT2D eigenvalue weighted by Crippen LogP contribution is -2.46. The Labute approximate surface area is 184 Å². The Balaban J connectivity index is 1.92. The van der Waals surface area contributed by atoms with Crippen molar-refractivity contribution in [3.63, 3.8) is 0 Å². The summed E-state index contributed by atoms with van der Waals surface area (Å²) in [5.41, 5.74) is 1.72. The van der Waals surface area contributed by atoms with Crippen molar-refractivity contribution in [1.82, 2.24) is 14.3 Å². The summed E-state index contributed by atoms with van der Waals surface area (Å²) in [6, 6.07) is 3.76. The van der Waals surface area contributed by atoms with Crippen LogP contribution in [0.3, 0.4) is 0 Å². The molecule has 0 unspecified atom stereocenters. The van der Waals surface area contributed by atoms with Gasteiger partial charge in [-0.05, 0) is 45.4 Å². The van der Waals surface area contributed by atoms with Crippen molar-refractivity contribution < 1.29 is 9.53 Å². The fourth-order valence-corrected chi connectivity index (χ4v) is 5.29. The van der Waals surface area contributed by atoms with E-state index < -0.39 is 0 Å². The van der Waals surface area contributed by atoms with Crippen LogP contribution in [0.25, 0.3) is 11.7 Å². The number of carbonyl (C=O) groups excluding carboxylic acids is 1. The molecule has 2 saturated heterocycles. The van der Waals surface area contributed by atoms with E-state index in [0.717, 1.165) is 5.56 Å². The minimum Gasteiger partial charge on any atom is -0.372 e. The number of aromatic nitrogens is 2.